The molecule has 0 aliphatic carbocycles. The molecule has 0 fully saturated rings. The van der Waals surface area contributed by atoms with Crippen LogP contribution >= 0.6 is 11.6 Å². The fraction of sp³-hybridized carbons (Fsp3) is 0.136. The number of hydrogen-bond acceptors (Lipinski definition) is 7. The van der Waals surface area contributed by atoms with Crippen molar-refractivity contribution in [3.63, 3.8) is 0 Å². The zero-order valence-corrected chi connectivity index (χ0v) is 20.3. The number of aryl methyl sites for hydroxylation is 1. The highest BCUT2D eigenvalue weighted by Gasteiger charge is 2.29. The molecule has 0 aromatic carbocycles. The summed E-state index contributed by atoms with van der Waals surface area (Å²) in [4.78, 5) is 37.2. The van der Waals surface area contributed by atoms with Gasteiger partial charge in [0.25, 0.3) is 11.5 Å². The van der Waals surface area contributed by atoms with Crippen LogP contribution < -0.4 is 10.3 Å². The minimum Gasteiger partial charge on any atom is -0.330 e. The lowest BCUT2D eigenvalue weighted by atomic mass is 10.1. The summed E-state index contributed by atoms with van der Waals surface area (Å²) < 4.78 is 42.0. The molecule has 0 radical (unpaired) electrons. The second-order valence-electron chi connectivity index (χ2n) is 8.10. The summed E-state index contributed by atoms with van der Waals surface area (Å²) in [5.74, 6) is -1.68. The van der Waals surface area contributed by atoms with Crippen molar-refractivity contribution >= 4 is 49.6 Å². The van der Waals surface area contributed by atoms with E-state index < -0.39 is 27.3 Å². The number of pyridine rings is 3. The van der Waals surface area contributed by atoms with Gasteiger partial charge in [-0.1, -0.05) is 11.6 Å². The molecule has 0 saturated carbocycles. The maximum atomic E-state index is 14.7. The molecule has 0 unspecified atom stereocenters. The van der Waals surface area contributed by atoms with Crippen LogP contribution in [0.3, 0.4) is 0 Å². The molecule has 0 bridgehead atoms. The van der Waals surface area contributed by atoms with Crippen LogP contribution in [0.5, 0.6) is 0 Å². The van der Waals surface area contributed by atoms with Gasteiger partial charge in [0.1, 0.15) is 16.7 Å². The van der Waals surface area contributed by atoms with Crippen LogP contribution in [0.2, 0.25) is 5.15 Å². The number of aromatic amines is 2. The van der Waals surface area contributed by atoms with Crippen LogP contribution in [0.1, 0.15) is 21.7 Å². The Balaban J connectivity index is 1.87. The Morgan fingerprint density at radius 2 is 2.06 bits per heavy atom. The van der Waals surface area contributed by atoms with Gasteiger partial charge in [0.05, 0.1) is 41.3 Å². The Morgan fingerprint density at radius 3 is 2.78 bits per heavy atom. The van der Waals surface area contributed by atoms with Crippen LogP contribution in [0.25, 0.3) is 33.2 Å². The lowest BCUT2D eigenvalue weighted by molar-refractivity contribution is 0.0974. The summed E-state index contributed by atoms with van der Waals surface area (Å²) in [6.45, 7) is 1.32. The molecule has 14 heteroatoms. The fourth-order valence-electron chi connectivity index (χ4n) is 4.00. The van der Waals surface area contributed by atoms with E-state index in [0.29, 0.717) is 16.6 Å². The van der Waals surface area contributed by atoms with Gasteiger partial charge in [-0.3, -0.25) is 14.7 Å². The predicted molar refractivity (Wildman–Crippen MR) is 131 cm³/mol. The Labute approximate surface area is 207 Å². The maximum absolute atomic E-state index is 14.7. The minimum atomic E-state index is -4.00. The van der Waals surface area contributed by atoms with E-state index in [1.54, 1.807) is 12.1 Å². The third-order valence-electron chi connectivity index (χ3n) is 5.53. The number of halogens is 2. The first-order chi connectivity index (χ1) is 17.0. The molecule has 5 aromatic rings. The van der Waals surface area contributed by atoms with Crippen molar-refractivity contribution in [2.24, 2.45) is 0 Å². The first kappa shape index (κ1) is 23.6. The third kappa shape index (κ3) is 4.12. The molecule has 3 N–H and O–H groups in total. The fourth-order valence-corrected chi connectivity index (χ4v) is 4.63. The first-order valence-corrected chi connectivity index (χ1v) is 12.7. The maximum Gasteiger partial charge on any atom is 0.282 e. The van der Waals surface area contributed by atoms with Gasteiger partial charge < -0.3 is 9.55 Å². The molecule has 0 saturated heterocycles. The highest BCUT2D eigenvalue weighted by molar-refractivity contribution is 7.89. The van der Waals surface area contributed by atoms with Gasteiger partial charge in [0, 0.05) is 28.8 Å². The van der Waals surface area contributed by atoms with E-state index in [1.165, 1.54) is 36.0 Å². The number of carbonyl (C=O) groups excluding carboxylic acids is 1. The van der Waals surface area contributed by atoms with Gasteiger partial charge in [-0.2, -0.15) is 5.10 Å². The molecular formula is C22H17ClFN7O4S. The Kier molecular flexibility index (Phi) is 5.60. The highest BCUT2D eigenvalue weighted by Crippen LogP contribution is 2.35. The molecule has 184 valence electrons. The van der Waals surface area contributed by atoms with E-state index in [1.807, 2.05) is 4.72 Å². The Bertz CT molecular complexity index is 1860. The van der Waals surface area contributed by atoms with E-state index in [0.717, 1.165) is 6.26 Å². The average Bonchev–Trinajstić information content (AvgIpc) is 3.36. The number of sulfonamides is 1. The van der Waals surface area contributed by atoms with E-state index in [2.05, 4.69) is 25.1 Å². The number of H-pyrrole nitrogens is 2. The van der Waals surface area contributed by atoms with Crippen molar-refractivity contribution in [3.05, 3.63) is 74.9 Å². The minimum absolute atomic E-state index is 0.0304. The van der Waals surface area contributed by atoms with Crippen LogP contribution in [0.15, 0.2) is 41.5 Å². The second-order valence-corrected chi connectivity index (χ2v) is 10.2. The number of nitrogens with zero attached hydrogens (tertiary/aromatic N) is 4. The molecule has 5 aromatic heterocycles. The largest absolute Gasteiger partial charge is 0.330 e. The summed E-state index contributed by atoms with van der Waals surface area (Å²) in [5.41, 5.74) is 0.527. The molecule has 0 atom stereocenters. The lowest BCUT2D eigenvalue weighted by Crippen LogP contribution is -2.32. The van der Waals surface area contributed by atoms with Gasteiger partial charge in [-0.05, 0) is 25.1 Å². The number of rotatable bonds is 5. The van der Waals surface area contributed by atoms with E-state index >= 15 is 0 Å². The van der Waals surface area contributed by atoms with Crippen LogP contribution in [-0.2, 0) is 16.6 Å². The van der Waals surface area contributed by atoms with Crippen LogP contribution in [0.4, 0.5) is 4.39 Å². The standard InChI is InChI=1S/C22H17ClFN7O4S/c1-10-14(24)7-15-17(27-10)16(13-4-3-5-25-21(13)32)18(22(33)30-36(2,34)35)31(15)9-12-6-11-8-26-29-20(11)28-19(12)23/h3-8H,9H2,1-2H3,(H,25,32)(H,30,33)(H,26,28,29). The van der Waals surface area contributed by atoms with Gasteiger partial charge in [-0.15, -0.1) is 0 Å². The number of fused-ring (bicyclic) bond motifs is 2. The summed E-state index contributed by atoms with van der Waals surface area (Å²) in [6, 6.07) is 5.86. The average molecular weight is 530 g/mol. The SMILES string of the molecule is Cc1nc2c(-c3ccc[nH]c3=O)c(C(=O)NS(C)(=O)=O)n(Cc3cc4cn[nH]c4nc3Cl)c2cc1F. The van der Waals surface area contributed by atoms with Gasteiger partial charge in [0.2, 0.25) is 10.0 Å². The molecule has 5 rings (SSSR count). The normalized spacial score (nSPS) is 11.9. The van der Waals surface area contributed by atoms with E-state index in [9.17, 15) is 22.4 Å². The smallest absolute Gasteiger partial charge is 0.282 e. The third-order valence-corrected chi connectivity index (χ3v) is 6.41. The first-order valence-electron chi connectivity index (χ1n) is 10.4. The molecule has 0 spiro atoms. The van der Waals surface area contributed by atoms with Gasteiger partial charge >= 0.3 is 0 Å². The quantitative estimate of drug-likeness (QED) is 0.295. The molecule has 11 nitrogen and oxygen atoms in total. The van der Waals surface area contributed by atoms with Crippen molar-refractivity contribution in [1.29, 1.82) is 0 Å². The lowest BCUT2D eigenvalue weighted by Gasteiger charge is -2.13. The van der Waals surface area contributed by atoms with Gasteiger partial charge in [-0.25, -0.2) is 27.5 Å². The van der Waals surface area contributed by atoms with Crippen molar-refractivity contribution in [3.8, 4) is 11.1 Å². The Hall–Kier alpha value is -4.10. The second kappa shape index (κ2) is 8.53. The molecule has 1 amide bonds. The van der Waals surface area contributed by atoms with Crippen molar-refractivity contribution in [1.82, 2.24) is 34.4 Å². The summed E-state index contributed by atoms with van der Waals surface area (Å²) in [6.07, 6.45) is 3.76. The van der Waals surface area contributed by atoms with Crippen molar-refractivity contribution in [2.75, 3.05) is 6.26 Å². The molecule has 0 aliphatic rings. The number of aromatic nitrogens is 6. The van der Waals surface area contributed by atoms with E-state index in [4.69, 9.17) is 11.6 Å². The van der Waals surface area contributed by atoms with Crippen molar-refractivity contribution in [2.45, 2.75) is 13.5 Å². The zero-order chi connectivity index (χ0) is 25.8. The van der Waals surface area contributed by atoms with Gasteiger partial charge in [0.15, 0.2) is 5.65 Å². The summed E-state index contributed by atoms with van der Waals surface area (Å²) in [5, 5.41) is 7.34. The van der Waals surface area contributed by atoms with Crippen LogP contribution in [-0.4, -0.2) is 50.3 Å². The molecule has 36 heavy (non-hydrogen) atoms. The summed E-state index contributed by atoms with van der Waals surface area (Å²) in [7, 11) is -4.00. The number of carbonyl (C=O) groups is 1. The van der Waals surface area contributed by atoms with E-state index in [-0.39, 0.29) is 45.2 Å². The number of hydrogen-bond donors (Lipinski definition) is 3. The number of nitrogens with one attached hydrogen (secondary N) is 3. The zero-order valence-electron chi connectivity index (χ0n) is 18.8. The van der Waals surface area contributed by atoms with Crippen LogP contribution in [0, 0.1) is 12.7 Å². The predicted octanol–water partition coefficient (Wildman–Crippen LogP) is 2.50. The number of amides is 1. The highest BCUT2D eigenvalue weighted by atomic mass is 35.5. The Morgan fingerprint density at radius 1 is 1.28 bits per heavy atom. The molecular weight excluding hydrogens is 513 g/mol. The monoisotopic (exact) mass is 529 g/mol. The molecule has 0 aliphatic heterocycles. The summed E-state index contributed by atoms with van der Waals surface area (Å²) >= 11 is 6.39. The molecule has 5 heterocycles. The van der Waals surface area contributed by atoms with Crippen molar-refractivity contribution < 1.29 is 17.6 Å². The topological polar surface area (TPSA) is 155 Å².